The van der Waals surface area contributed by atoms with Crippen LogP contribution in [0.25, 0.3) is 39.7 Å². The van der Waals surface area contributed by atoms with E-state index in [1.54, 1.807) is 19.3 Å². The van der Waals surface area contributed by atoms with Gasteiger partial charge in [0.15, 0.2) is 0 Å². The van der Waals surface area contributed by atoms with Gasteiger partial charge in [0.05, 0.1) is 12.2 Å². The molecule has 5 rings (SSSR count). The smallest absolute Gasteiger partial charge is 0.0567 e. The molecular formula is C36H34IrN2O2-2. The zero-order valence-corrected chi connectivity index (χ0v) is 25.5. The third kappa shape index (κ3) is 10.00. The van der Waals surface area contributed by atoms with Gasteiger partial charge in [-0.3, -0.25) is 9.97 Å². The first kappa shape index (κ1) is 31.8. The van der Waals surface area contributed by atoms with Crippen LogP contribution in [0.1, 0.15) is 30.9 Å². The van der Waals surface area contributed by atoms with Crippen LogP contribution in [-0.2, 0) is 26.5 Å². The van der Waals surface area contributed by atoms with Gasteiger partial charge in [-0.2, -0.15) is 35.4 Å². The van der Waals surface area contributed by atoms with Gasteiger partial charge in [0.1, 0.15) is 0 Å². The van der Waals surface area contributed by atoms with Crippen LogP contribution in [0.15, 0.2) is 116 Å². The van der Waals surface area contributed by atoms with Crippen molar-refractivity contribution >= 4 is 6.08 Å². The van der Waals surface area contributed by atoms with Gasteiger partial charge in [0, 0.05) is 43.9 Å². The summed E-state index contributed by atoms with van der Waals surface area (Å²) in [5.41, 5.74) is 8.09. The second kappa shape index (κ2) is 16.5. The topological polar surface area (TPSA) is 66.2 Å². The first-order chi connectivity index (χ1) is 19.5. The summed E-state index contributed by atoms with van der Waals surface area (Å²) in [6, 6.07) is 39.0. The number of hydrogen-bond donors (Lipinski definition) is 2. The molecular weight excluding hydrogens is 685 g/mol. The van der Waals surface area contributed by atoms with Crippen LogP contribution in [0.3, 0.4) is 0 Å². The second-order valence-corrected chi connectivity index (χ2v) is 9.61. The van der Waals surface area contributed by atoms with Crippen molar-refractivity contribution in [2.45, 2.75) is 38.4 Å². The predicted molar refractivity (Wildman–Crippen MR) is 163 cm³/mol. The summed E-state index contributed by atoms with van der Waals surface area (Å²) in [5.74, 6) is 0. The first-order valence-electron chi connectivity index (χ1n) is 13.5. The van der Waals surface area contributed by atoms with Gasteiger partial charge in [0.25, 0.3) is 0 Å². The molecule has 0 aliphatic carbocycles. The molecule has 2 atom stereocenters. The summed E-state index contributed by atoms with van der Waals surface area (Å²) >= 11 is 0. The van der Waals surface area contributed by atoms with Crippen molar-refractivity contribution in [1.82, 2.24) is 9.97 Å². The molecule has 5 heteroatoms. The van der Waals surface area contributed by atoms with E-state index >= 15 is 0 Å². The van der Waals surface area contributed by atoms with E-state index in [4.69, 9.17) is 5.11 Å². The van der Waals surface area contributed by atoms with Crippen LogP contribution in [-0.4, -0.2) is 32.4 Å². The molecule has 2 N–H and O–H groups in total. The molecule has 211 valence electrons. The summed E-state index contributed by atoms with van der Waals surface area (Å²) in [5, 5.41) is 18.7. The van der Waals surface area contributed by atoms with E-state index in [2.05, 4.69) is 28.7 Å². The minimum absolute atomic E-state index is 0. The Labute approximate surface area is 256 Å². The summed E-state index contributed by atoms with van der Waals surface area (Å²) in [7, 11) is 0. The van der Waals surface area contributed by atoms with Crippen LogP contribution in [0.4, 0.5) is 0 Å². The molecule has 0 aliphatic heterocycles. The number of aryl methyl sites for hydroxylation is 1. The number of benzene rings is 3. The Morgan fingerprint density at radius 1 is 0.707 bits per heavy atom. The Hall–Kier alpha value is -3.73. The average molecular weight is 719 g/mol. The summed E-state index contributed by atoms with van der Waals surface area (Å²) in [4.78, 5) is 8.79. The van der Waals surface area contributed by atoms with Crippen LogP contribution in [0.5, 0.6) is 0 Å². The fourth-order valence-electron chi connectivity index (χ4n) is 4.26. The molecule has 0 spiro atoms. The zero-order valence-electron chi connectivity index (χ0n) is 23.1. The first-order valence-corrected chi connectivity index (χ1v) is 13.5. The second-order valence-electron chi connectivity index (χ2n) is 9.61. The number of nitrogens with zero attached hydrogens (tertiary/aromatic N) is 2. The van der Waals surface area contributed by atoms with Gasteiger partial charge < -0.3 is 10.2 Å². The van der Waals surface area contributed by atoms with Crippen molar-refractivity contribution in [2.75, 3.05) is 0 Å². The van der Waals surface area contributed by atoms with E-state index in [0.717, 1.165) is 45.6 Å². The number of aliphatic hydroxyl groups is 2. The molecule has 2 heterocycles. The minimum Gasteiger partial charge on any atom is -0.393 e. The SMILES string of the molecule is C=Cc1ccc(CCC(O)CC(C)O)cc1.[Ir].[c-]1c(-c2[c-]c(-c3ccccn3)ccc2)cccc1-c1ccccn1. The Bertz CT molecular complexity index is 1390. The molecule has 2 unspecified atom stereocenters. The Morgan fingerprint density at radius 3 is 1.66 bits per heavy atom. The van der Waals surface area contributed by atoms with Crippen LogP contribution in [0, 0.1) is 12.1 Å². The molecule has 0 aliphatic rings. The average Bonchev–Trinajstić information content (AvgIpc) is 3.01. The molecule has 3 aromatic carbocycles. The Kier molecular flexibility index (Phi) is 12.8. The third-order valence-corrected chi connectivity index (χ3v) is 6.36. The van der Waals surface area contributed by atoms with Gasteiger partial charge in [-0.25, -0.2) is 0 Å². The van der Waals surface area contributed by atoms with Gasteiger partial charge in [-0.1, -0.05) is 61.2 Å². The van der Waals surface area contributed by atoms with Gasteiger partial charge in [-0.15, -0.1) is 35.4 Å². The van der Waals surface area contributed by atoms with Crippen LogP contribution < -0.4 is 0 Å². The van der Waals surface area contributed by atoms with Crippen molar-refractivity contribution < 1.29 is 30.3 Å². The van der Waals surface area contributed by atoms with Crippen molar-refractivity contribution in [3.63, 3.8) is 0 Å². The molecule has 4 nitrogen and oxygen atoms in total. The molecule has 1 radical (unpaired) electrons. The third-order valence-electron chi connectivity index (χ3n) is 6.36. The van der Waals surface area contributed by atoms with Crippen LogP contribution in [0.2, 0.25) is 0 Å². The molecule has 0 amide bonds. The molecule has 5 aromatic rings. The van der Waals surface area contributed by atoms with Crippen molar-refractivity contribution in [2.24, 2.45) is 0 Å². The number of aromatic nitrogens is 2. The number of hydrogen-bond acceptors (Lipinski definition) is 4. The largest absolute Gasteiger partial charge is 0.393 e. The maximum atomic E-state index is 9.61. The maximum Gasteiger partial charge on any atom is 0.0567 e. The van der Waals surface area contributed by atoms with E-state index in [1.165, 1.54) is 5.56 Å². The Morgan fingerprint density at radius 2 is 1.22 bits per heavy atom. The fraction of sp³-hybridized carbons (Fsp3) is 0.167. The van der Waals surface area contributed by atoms with Gasteiger partial charge in [0.2, 0.25) is 0 Å². The normalized spacial score (nSPS) is 11.8. The Balaban J connectivity index is 0.000000240. The number of pyridine rings is 2. The molecule has 2 aromatic heterocycles. The van der Waals surface area contributed by atoms with Crippen molar-refractivity contribution in [3.05, 3.63) is 139 Å². The molecule has 0 fully saturated rings. The number of aliphatic hydroxyl groups excluding tert-OH is 2. The van der Waals surface area contributed by atoms with Gasteiger partial charge >= 0.3 is 0 Å². The fourth-order valence-corrected chi connectivity index (χ4v) is 4.26. The summed E-state index contributed by atoms with van der Waals surface area (Å²) < 4.78 is 0. The molecule has 0 saturated heterocycles. The predicted octanol–water partition coefficient (Wildman–Crippen LogP) is 7.47. The maximum absolute atomic E-state index is 9.61. The van der Waals surface area contributed by atoms with Gasteiger partial charge in [-0.05, 0) is 49.4 Å². The summed E-state index contributed by atoms with van der Waals surface area (Å²) in [6.45, 7) is 5.40. The van der Waals surface area contributed by atoms with E-state index in [1.807, 2.05) is 103 Å². The molecule has 0 saturated carbocycles. The number of rotatable bonds is 9. The van der Waals surface area contributed by atoms with Crippen LogP contribution >= 0.6 is 0 Å². The van der Waals surface area contributed by atoms with E-state index in [-0.39, 0.29) is 20.1 Å². The zero-order chi connectivity index (χ0) is 28.2. The minimum atomic E-state index is -0.432. The monoisotopic (exact) mass is 719 g/mol. The molecule has 0 bridgehead atoms. The molecule has 41 heavy (non-hydrogen) atoms. The quantitative estimate of drug-likeness (QED) is 0.155. The standard InChI is InChI=1S/C22H14N2.C14H20O2.Ir/c1-3-13-23-21(11-1)19-9-5-7-17(15-19)18-8-6-10-20(16-18)22-12-2-4-14-24-22;1-3-12-4-6-13(7-5-12)8-9-14(16)10-11(2)15;/h1-14H;3-7,11,14-16H,1,8-10H2,2H3;/q-2;;. The van der Waals surface area contributed by atoms with Crippen molar-refractivity contribution in [3.8, 4) is 33.6 Å². The van der Waals surface area contributed by atoms with E-state index < -0.39 is 12.2 Å². The van der Waals surface area contributed by atoms with E-state index in [0.29, 0.717) is 12.8 Å². The summed E-state index contributed by atoms with van der Waals surface area (Å²) in [6.07, 6.45) is 6.53. The van der Waals surface area contributed by atoms with Crippen molar-refractivity contribution in [1.29, 1.82) is 0 Å². The van der Waals surface area contributed by atoms with E-state index in [9.17, 15) is 5.11 Å².